The highest BCUT2D eigenvalue weighted by Gasteiger charge is 2.35. The number of rotatable bonds is 6. The summed E-state index contributed by atoms with van der Waals surface area (Å²) in [5.41, 5.74) is 4.01. The predicted molar refractivity (Wildman–Crippen MR) is 137 cm³/mol. The molecule has 5 heteroatoms. The van der Waals surface area contributed by atoms with Crippen LogP contribution in [0.2, 0.25) is 0 Å². The summed E-state index contributed by atoms with van der Waals surface area (Å²) in [6, 6.07) is 29.8. The zero-order valence-corrected chi connectivity index (χ0v) is 19.5. The van der Waals surface area contributed by atoms with Crippen LogP contribution in [0.25, 0.3) is 16.8 Å². The summed E-state index contributed by atoms with van der Waals surface area (Å²) in [5, 5.41) is 2.13. The number of hydrogen-bond acceptors (Lipinski definition) is 4. The Morgan fingerprint density at radius 1 is 0.824 bits per heavy atom. The first-order valence-electron chi connectivity index (χ1n) is 11.1. The molecule has 0 spiro atoms. The molecule has 1 saturated heterocycles. The number of carbonyl (C=O) groups excluding carboxylic acids is 2. The van der Waals surface area contributed by atoms with Crippen LogP contribution in [0.1, 0.15) is 22.3 Å². The first-order valence-corrected chi connectivity index (χ1v) is 11.9. The van der Waals surface area contributed by atoms with E-state index < -0.39 is 0 Å². The van der Waals surface area contributed by atoms with E-state index in [1.165, 1.54) is 15.7 Å². The van der Waals surface area contributed by atoms with Crippen LogP contribution in [0.5, 0.6) is 5.75 Å². The van der Waals surface area contributed by atoms with Gasteiger partial charge in [-0.3, -0.25) is 14.5 Å². The zero-order valence-electron chi connectivity index (χ0n) is 18.7. The lowest BCUT2D eigenvalue weighted by atomic mass is 10.1. The van der Waals surface area contributed by atoms with Gasteiger partial charge in [0.05, 0.1) is 11.4 Å². The Morgan fingerprint density at radius 3 is 2.35 bits per heavy atom. The fourth-order valence-electron chi connectivity index (χ4n) is 3.99. The van der Waals surface area contributed by atoms with Crippen LogP contribution in [-0.4, -0.2) is 16.0 Å². The fraction of sp³-hybridized carbons (Fsp3) is 0.103. The Labute approximate surface area is 202 Å². The van der Waals surface area contributed by atoms with E-state index >= 15 is 0 Å². The van der Waals surface area contributed by atoms with Crippen molar-refractivity contribution in [1.29, 1.82) is 0 Å². The molecule has 1 aliphatic rings. The van der Waals surface area contributed by atoms with E-state index in [1.807, 2.05) is 73.7 Å². The van der Waals surface area contributed by atoms with Crippen LogP contribution < -0.4 is 4.74 Å². The van der Waals surface area contributed by atoms with Crippen molar-refractivity contribution >= 4 is 39.8 Å². The van der Waals surface area contributed by atoms with Crippen LogP contribution in [0.3, 0.4) is 0 Å². The summed E-state index contributed by atoms with van der Waals surface area (Å²) in [7, 11) is 0. The normalized spacial score (nSPS) is 14.9. The van der Waals surface area contributed by atoms with Crippen molar-refractivity contribution in [2.24, 2.45) is 0 Å². The average Bonchev–Trinajstić information content (AvgIpc) is 3.12. The monoisotopic (exact) mass is 465 g/mol. The molecule has 4 nitrogen and oxygen atoms in total. The van der Waals surface area contributed by atoms with Gasteiger partial charge in [-0.25, -0.2) is 0 Å². The van der Waals surface area contributed by atoms with Crippen LogP contribution in [-0.2, 0) is 17.9 Å². The molecule has 1 fully saturated rings. The van der Waals surface area contributed by atoms with Crippen LogP contribution in [0.15, 0.2) is 95.9 Å². The molecule has 4 aromatic rings. The Kier molecular flexibility index (Phi) is 6.19. The minimum atomic E-state index is -0.255. The van der Waals surface area contributed by atoms with Gasteiger partial charge in [-0.1, -0.05) is 78.9 Å². The maximum Gasteiger partial charge on any atom is 0.293 e. The Bertz CT molecular complexity index is 1400. The summed E-state index contributed by atoms with van der Waals surface area (Å²) in [5.74, 6) is 0.493. The zero-order chi connectivity index (χ0) is 23.5. The maximum atomic E-state index is 12.9. The number of nitrogens with zero attached hydrogens (tertiary/aromatic N) is 1. The van der Waals surface area contributed by atoms with Crippen molar-refractivity contribution in [3.05, 3.63) is 118 Å². The second-order valence-corrected chi connectivity index (χ2v) is 9.18. The van der Waals surface area contributed by atoms with Crippen molar-refractivity contribution in [2.45, 2.75) is 20.1 Å². The number of hydrogen-bond donors (Lipinski definition) is 0. The summed E-state index contributed by atoms with van der Waals surface area (Å²) in [6.07, 6.45) is 1.76. The first kappa shape index (κ1) is 22.0. The van der Waals surface area contributed by atoms with Gasteiger partial charge in [0.1, 0.15) is 12.4 Å². The second kappa shape index (κ2) is 9.57. The Balaban J connectivity index is 1.26. The minimum Gasteiger partial charge on any atom is -0.489 e. The lowest BCUT2D eigenvalue weighted by molar-refractivity contribution is -0.123. The number of carbonyl (C=O) groups is 2. The number of aryl methyl sites for hydroxylation is 1. The molecular weight excluding hydrogens is 442 g/mol. The molecule has 5 rings (SSSR count). The largest absolute Gasteiger partial charge is 0.489 e. The summed E-state index contributed by atoms with van der Waals surface area (Å²) >= 11 is 0.982. The highest BCUT2D eigenvalue weighted by molar-refractivity contribution is 8.18. The van der Waals surface area contributed by atoms with Gasteiger partial charge in [0, 0.05) is 0 Å². The summed E-state index contributed by atoms with van der Waals surface area (Å²) < 4.78 is 6.00. The lowest BCUT2D eigenvalue weighted by Gasteiger charge is -2.14. The number of ether oxygens (including phenoxy) is 1. The van der Waals surface area contributed by atoms with E-state index in [0.29, 0.717) is 11.5 Å². The van der Waals surface area contributed by atoms with Crippen molar-refractivity contribution in [2.75, 3.05) is 0 Å². The average molecular weight is 466 g/mol. The summed E-state index contributed by atoms with van der Waals surface area (Å²) in [4.78, 5) is 27.1. The van der Waals surface area contributed by atoms with Gasteiger partial charge < -0.3 is 4.74 Å². The highest BCUT2D eigenvalue weighted by Crippen LogP contribution is 2.34. The number of thioether (sulfide) groups is 1. The molecular formula is C29H23NO3S. The fourth-order valence-corrected chi connectivity index (χ4v) is 4.82. The van der Waals surface area contributed by atoms with Crippen molar-refractivity contribution in [1.82, 2.24) is 4.90 Å². The molecule has 0 aliphatic carbocycles. The van der Waals surface area contributed by atoms with E-state index in [-0.39, 0.29) is 17.7 Å². The molecule has 0 atom stereocenters. The Morgan fingerprint density at radius 2 is 1.53 bits per heavy atom. The van der Waals surface area contributed by atoms with Crippen LogP contribution >= 0.6 is 11.8 Å². The first-order chi connectivity index (χ1) is 16.6. The quantitative estimate of drug-likeness (QED) is 0.289. The van der Waals surface area contributed by atoms with Gasteiger partial charge in [0.2, 0.25) is 0 Å². The van der Waals surface area contributed by atoms with E-state index in [1.54, 1.807) is 6.08 Å². The minimum absolute atomic E-state index is 0.241. The van der Waals surface area contributed by atoms with Crippen molar-refractivity contribution < 1.29 is 14.3 Å². The maximum absolute atomic E-state index is 12.9. The summed E-state index contributed by atoms with van der Waals surface area (Å²) in [6.45, 7) is 2.74. The number of imide groups is 1. The molecule has 1 heterocycles. The Hall–Kier alpha value is -3.83. The van der Waals surface area contributed by atoms with Gasteiger partial charge in [-0.05, 0) is 69.9 Å². The van der Waals surface area contributed by atoms with Gasteiger partial charge in [0.25, 0.3) is 11.1 Å². The van der Waals surface area contributed by atoms with Gasteiger partial charge in [-0.15, -0.1) is 0 Å². The molecule has 4 aromatic carbocycles. The van der Waals surface area contributed by atoms with Gasteiger partial charge in [-0.2, -0.15) is 0 Å². The number of benzene rings is 4. The highest BCUT2D eigenvalue weighted by atomic mass is 32.2. The topological polar surface area (TPSA) is 46.6 Å². The molecule has 0 bridgehead atoms. The molecule has 168 valence electrons. The van der Waals surface area contributed by atoms with Gasteiger partial charge in [0.15, 0.2) is 0 Å². The van der Waals surface area contributed by atoms with E-state index in [0.717, 1.165) is 39.8 Å². The molecule has 0 aromatic heterocycles. The van der Waals surface area contributed by atoms with E-state index in [4.69, 9.17) is 4.74 Å². The molecule has 2 amide bonds. The third kappa shape index (κ3) is 4.61. The van der Waals surface area contributed by atoms with Crippen molar-refractivity contribution in [3.63, 3.8) is 0 Å². The number of fused-ring (bicyclic) bond motifs is 1. The van der Waals surface area contributed by atoms with E-state index in [9.17, 15) is 9.59 Å². The third-order valence-electron chi connectivity index (χ3n) is 5.92. The van der Waals surface area contributed by atoms with E-state index in [2.05, 4.69) is 24.3 Å². The second-order valence-electron chi connectivity index (χ2n) is 8.19. The van der Waals surface area contributed by atoms with Crippen LogP contribution in [0.4, 0.5) is 4.79 Å². The molecule has 1 aliphatic heterocycles. The predicted octanol–water partition coefficient (Wildman–Crippen LogP) is 6.96. The van der Waals surface area contributed by atoms with Gasteiger partial charge >= 0.3 is 0 Å². The van der Waals surface area contributed by atoms with Crippen LogP contribution in [0, 0.1) is 6.92 Å². The lowest BCUT2D eigenvalue weighted by Crippen LogP contribution is -2.27. The molecule has 0 unspecified atom stereocenters. The molecule has 0 radical (unpaired) electrons. The smallest absolute Gasteiger partial charge is 0.293 e. The molecule has 0 N–H and O–H groups in total. The third-order valence-corrected chi connectivity index (χ3v) is 6.82. The number of amides is 2. The molecule has 0 saturated carbocycles. The SMILES string of the molecule is Cc1ccccc1CN1C(=O)S/C(=C\c2ccc(OCc3cccc4ccccc34)cc2)C1=O. The molecule has 34 heavy (non-hydrogen) atoms. The standard InChI is InChI=1S/C29H23NO3S/c1-20-7-2-3-9-23(20)18-30-28(31)27(34-29(30)32)17-21-13-15-25(16-14-21)33-19-24-11-6-10-22-8-4-5-12-26(22)24/h2-17H,18-19H2,1H3/b27-17-. The van der Waals surface area contributed by atoms with Crippen molar-refractivity contribution in [3.8, 4) is 5.75 Å².